The molecule has 0 radical (unpaired) electrons. The smallest absolute Gasteiger partial charge is 0.243 e. The van der Waals surface area contributed by atoms with Crippen LogP contribution in [0.1, 0.15) is 18.1 Å². The summed E-state index contributed by atoms with van der Waals surface area (Å²) < 4.78 is 5.47. The molecule has 6 heteroatoms. The molecule has 0 saturated carbocycles. The summed E-state index contributed by atoms with van der Waals surface area (Å²) in [5.41, 5.74) is 2.85. The molecule has 1 unspecified atom stereocenters. The van der Waals surface area contributed by atoms with Crippen molar-refractivity contribution < 1.29 is 14.3 Å². The van der Waals surface area contributed by atoms with Gasteiger partial charge in [-0.25, -0.2) is 0 Å². The molecule has 1 aliphatic rings. The summed E-state index contributed by atoms with van der Waals surface area (Å²) in [4.78, 5) is 28.1. The van der Waals surface area contributed by atoms with E-state index in [-0.39, 0.29) is 24.5 Å². The van der Waals surface area contributed by atoms with E-state index in [0.29, 0.717) is 13.2 Å². The van der Waals surface area contributed by atoms with Crippen molar-refractivity contribution in [2.75, 3.05) is 45.2 Å². The molecule has 0 aliphatic carbocycles. The zero-order chi connectivity index (χ0) is 17.7. The number of aryl methyl sites for hydroxylation is 2. The lowest BCUT2D eigenvalue weighted by molar-refractivity contribution is -0.135. The molecule has 2 amide bonds. The highest BCUT2D eigenvalue weighted by molar-refractivity contribution is 5.95. The van der Waals surface area contributed by atoms with Gasteiger partial charge in [-0.1, -0.05) is 18.2 Å². The molecule has 0 spiro atoms. The SMILES string of the molecule is Cc1cccc(C)c1NC(=O)CN(C)C(=O)CN1CCOC(C)C1. The van der Waals surface area contributed by atoms with E-state index in [2.05, 4.69) is 10.2 Å². The van der Waals surface area contributed by atoms with Crippen LogP contribution in [0.5, 0.6) is 0 Å². The van der Waals surface area contributed by atoms with E-state index in [9.17, 15) is 9.59 Å². The van der Waals surface area contributed by atoms with Crippen LogP contribution in [0, 0.1) is 13.8 Å². The third-order valence-corrected chi connectivity index (χ3v) is 4.24. The van der Waals surface area contributed by atoms with E-state index in [1.165, 1.54) is 4.90 Å². The normalized spacial score (nSPS) is 18.2. The summed E-state index contributed by atoms with van der Waals surface area (Å²) in [5, 5.41) is 2.91. The largest absolute Gasteiger partial charge is 0.376 e. The van der Waals surface area contributed by atoms with Crippen molar-refractivity contribution in [3.8, 4) is 0 Å². The Morgan fingerprint density at radius 1 is 1.33 bits per heavy atom. The maximum atomic E-state index is 12.3. The molecule has 1 N–H and O–H groups in total. The van der Waals surface area contributed by atoms with Gasteiger partial charge in [0.25, 0.3) is 0 Å². The summed E-state index contributed by atoms with van der Waals surface area (Å²) in [6.07, 6.45) is 0.143. The number of carbonyl (C=O) groups excluding carboxylic acids is 2. The fourth-order valence-corrected chi connectivity index (χ4v) is 2.84. The highest BCUT2D eigenvalue weighted by atomic mass is 16.5. The number of morpholine rings is 1. The van der Waals surface area contributed by atoms with E-state index in [4.69, 9.17) is 4.74 Å². The summed E-state index contributed by atoms with van der Waals surface area (Å²) in [5.74, 6) is -0.237. The van der Waals surface area contributed by atoms with Crippen molar-refractivity contribution in [2.24, 2.45) is 0 Å². The van der Waals surface area contributed by atoms with Crippen LogP contribution in [0.25, 0.3) is 0 Å². The number of likely N-dealkylation sites (N-methyl/N-ethyl adjacent to an activating group) is 1. The zero-order valence-corrected chi connectivity index (χ0v) is 15.0. The van der Waals surface area contributed by atoms with Crippen molar-refractivity contribution in [3.05, 3.63) is 29.3 Å². The standard InChI is InChI=1S/C18H27N3O3/c1-13-6-5-7-14(2)18(13)19-16(22)11-20(4)17(23)12-21-8-9-24-15(3)10-21/h5-7,15H,8-12H2,1-4H3,(H,19,22). The Hall–Kier alpha value is -1.92. The van der Waals surface area contributed by atoms with E-state index in [1.54, 1.807) is 7.05 Å². The zero-order valence-electron chi connectivity index (χ0n) is 15.0. The molecule has 1 aromatic rings. The van der Waals surface area contributed by atoms with Gasteiger partial charge >= 0.3 is 0 Å². The van der Waals surface area contributed by atoms with Crippen molar-refractivity contribution in [1.82, 2.24) is 9.80 Å². The Morgan fingerprint density at radius 3 is 2.62 bits per heavy atom. The van der Waals surface area contributed by atoms with Crippen LogP contribution in [0.3, 0.4) is 0 Å². The minimum atomic E-state index is -0.182. The first-order chi connectivity index (χ1) is 11.4. The second-order valence-electron chi connectivity index (χ2n) is 6.48. The van der Waals surface area contributed by atoms with E-state index in [1.807, 2.05) is 39.0 Å². The molecule has 132 valence electrons. The van der Waals surface area contributed by atoms with Gasteiger partial charge in [0.1, 0.15) is 0 Å². The van der Waals surface area contributed by atoms with E-state index < -0.39 is 0 Å². The number of anilines is 1. The molecule has 1 saturated heterocycles. The quantitative estimate of drug-likeness (QED) is 0.885. The van der Waals surface area contributed by atoms with Crippen molar-refractivity contribution in [2.45, 2.75) is 26.9 Å². The van der Waals surface area contributed by atoms with Crippen LogP contribution in [-0.4, -0.2) is 67.6 Å². The Bertz CT molecular complexity index is 583. The number of ether oxygens (including phenoxy) is 1. The van der Waals surface area contributed by atoms with E-state index >= 15 is 0 Å². The van der Waals surface area contributed by atoms with Crippen molar-refractivity contribution >= 4 is 17.5 Å². The molecular formula is C18H27N3O3. The van der Waals surface area contributed by atoms with Gasteiger partial charge in [-0.3, -0.25) is 14.5 Å². The van der Waals surface area contributed by atoms with Crippen LogP contribution in [0.4, 0.5) is 5.69 Å². The topological polar surface area (TPSA) is 61.9 Å². The summed E-state index contributed by atoms with van der Waals surface area (Å²) in [6, 6.07) is 5.87. The summed E-state index contributed by atoms with van der Waals surface area (Å²) >= 11 is 0. The first kappa shape index (κ1) is 18.4. The number of nitrogens with zero attached hydrogens (tertiary/aromatic N) is 2. The van der Waals surface area contributed by atoms with Crippen LogP contribution in [0.2, 0.25) is 0 Å². The van der Waals surface area contributed by atoms with Gasteiger partial charge in [0.15, 0.2) is 0 Å². The monoisotopic (exact) mass is 333 g/mol. The summed E-state index contributed by atoms with van der Waals surface area (Å²) in [6.45, 7) is 8.41. The maximum absolute atomic E-state index is 12.3. The fraction of sp³-hybridized carbons (Fsp3) is 0.556. The molecule has 1 heterocycles. The molecule has 1 aromatic carbocycles. The molecule has 0 aromatic heterocycles. The molecule has 6 nitrogen and oxygen atoms in total. The predicted octanol–water partition coefficient (Wildman–Crippen LogP) is 1.42. The molecule has 0 bridgehead atoms. The number of hydrogen-bond donors (Lipinski definition) is 1. The molecule has 24 heavy (non-hydrogen) atoms. The molecule has 1 fully saturated rings. The Labute approximate surface area is 143 Å². The lowest BCUT2D eigenvalue weighted by Gasteiger charge is -2.31. The lowest BCUT2D eigenvalue weighted by atomic mass is 10.1. The Kier molecular flexibility index (Phi) is 6.34. The second kappa shape index (κ2) is 8.26. The minimum absolute atomic E-state index is 0.0481. The summed E-state index contributed by atoms with van der Waals surface area (Å²) in [7, 11) is 1.66. The van der Waals surface area contributed by atoms with Gasteiger partial charge < -0.3 is 15.0 Å². The van der Waals surface area contributed by atoms with Crippen molar-refractivity contribution in [3.63, 3.8) is 0 Å². The highest BCUT2D eigenvalue weighted by Gasteiger charge is 2.21. The second-order valence-corrected chi connectivity index (χ2v) is 6.48. The van der Waals surface area contributed by atoms with Crippen LogP contribution >= 0.6 is 0 Å². The van der Waals surface area contributed by atoms with Gasteiger partial charge in [-0.05, 0) is 31.9 Å². The average Bonchev–Trinajstić information content (AvgIpc) is 2.51. The number of nitrogens with one attached hydrogen (secondary N) is 1. The number of rotatable bonds is 5. The third kappa shape index (κ3) is 5.04. The molecular weight excluding hydrogens is 306 g/mol. The van der Waals surface area contributed by atoms with Gasteiger partial charge in [-0.15, -0.1) is 0 Å². The number of para-hydroxylation sites is 1. The van der Waals surface area contributed by atoms with Crippen LogP contribution < -0.4 is 5.32 Å². The van der Waals surface area contributed by atoms with Crippen LogP contribution in [0.15, 0.2) is 18.2 Å². The van der Waals surface area contributed by atoms with Gasteiger partial charge in [-0.2, -0.15) is 0 Å². The number of amides is 2. The minimum Gasteiger partial charge on any atom is -0.376 e. The Morgan fingerprint density at radius 2 is 2.00 bits per heavy atom. The molecule has 1 aliphatic heterocycles. The van der Waals surface area contributed by atoms with E-state index in [0.717, 1.165) is 29.9 Å². The third-order valence-electron chi connectivity index (χ3n) is 4.24. The number of hydrogen-bond acceptors (Lipinski definition) is 4. The highest BCUT2D eigenvalue weighted by Crippen LogP contribution is 2.19. The lowest BCUT2D eigenvalue weighted by Crippen LogP contribution is -2.47. The molecule has 2 rings (SSSR count). The van der Waals surface area contributed by atoms with Crippen LogP contribution in [-0.2, 0) is 14.3 Å². The predicted molar refractivity (Wildman–Crippen MR) is 94.0 cm³/mol. The van der Waals surface area contributed by atoms with Gasteiger partial charge in [0.2, 0.25) is 11.8 Å². The Balaban J connectivity index is 1.85. The number of carbonyl (C=O) groups is 2. The first-order valence-corrected chi connectivity index (χ1v) is 8.31. The fourth-order valence-electron chi connectivity index (χ4n) is 2.84. The first-order valence-electron chi connectivity index (χ1n) is 8.31. The maximum Gasteiger partial charge on any atom is 0.243 e. The van der Waals surface area contributed by atoms with Gasteiger partial charge in [0.05, 0.1) is 25.8 Å². The number of benzene rings is 1. The molecule has 1 atom stereocenters. The van der Waals surface area contributed by atoms with Crippen molar-refractivity contribution in [1.29, 1.82) is 0 Å². The average molecular weight is 333 g/mol. The van der Waals surface area contributed by atoms with Gasteiger partial charge in [0, 0.05) is 25.8 Å².